The molecular weight excluding hydrogens is 236 g/mol. The van der Waals surface area contributed by atoms with Gasteiger partial charge in [-0.05, 0) is 30.2 Å². The van der Waals surface area contributed by atoms with Crippen LogP contribution in [0.4, 0.5) is 0 Å². The van der Waals surface area contributed by atoms with E-state index in [-0.39, 0.29) is 6.10 Å². The fraction of sp³-hybridized carbons (Fsp3) is 0.176. The number of aryl methyl sites for hydroxylation is 1. The zero-order valence-electron chi connectivity index (χ0n) is 11.3. The van der Waals surface area contributed by atoms with Crippen molar-refractivity contribution in [3.8, 4) is 5.75 Å². The van der Waals surface area contributed by atoms with Crippen molar-refractivity contribution in [3.05, 3.63) is 78.1 Å². The second-order valence-corrected chi connectivity index (χ2v) is 4.38. The Bertz CT molecular complexity index is 546. The minimum absolute atomic E-state index is 0.160. The van der Waals surface area contributed by atoms with E-state index in [0.29, 0.717) is 0 Å². The molecule has 0 spiro atoms. The Labute approximate surface area is 114 Å². The van der Waals surface area contributed by atoms with Crippen LogP contribution in [-0.4, -0.2) is 7.11 Å². The third-order valence-electron chi connectivity index (χ3n) is 2.95. The highest BCUT2D eigenvalue weighted by Crippen LogP contribution is 2.29. The molecule has 0 radical (unpaired) electrons. The molecule has 0 heterocycles. The van der Waals surface area contributed by atoms with Crippen LogP contribution in [-0.2, 0) is 4.74 Å². The first kappa shape index (κ1) is 13.2. The van der Waals surface area contributed by atoms with Crippen LogP contribution in [0.15, 0.2) is 61.4 Å². The van der Waals surface area contributed by atoms with Crippen molar-refractivity contribution in [3.63, 3.8) is 0 Å². The molecule has 1 atom stereocenters. The van der Waals surface area contributed by atoms with Crippen LogP contribution in [0.2, 0.25) is 0 Å². The quantitative estimate of drug-likeness (QED) is 0.742. The Morgan fingerprint density at radius 3 is 2.42 bits per heavy atom. The van der Waals surface area contributed by atoms with Crippen LogP contribution in [0.25, 0.3) is 0 Å². The molecule has 0 N–H and O–H groups in total. The van der Waals surface area contributed by atoms with E-state index in [4.69, 9.17) is 9.47 Å². The fourth-order valence-corrected chi connectivity index (χ4v) is 2.12. The van der Waals surface area contributed by atoms with Crippen LogP contribution >= 0.6 is 0 Å². The molecule has 0 amide bonds. The molecule has 2 aromatic carbocycles. The van der Waals surface area contributed by atoms with Gasteiger partial charge in [0.25, 0.3) is 0 Å². The summed E-state index contributed by atoms with van der Waals surface area (Å²) in [6.07, 6.45) is 1.32. The molecule has 0 aliphatic carbocycles. The van der Waals surface area contributed by atoms with Gasteiger partial charge >= 0.3 is 0 Å². The Morgan fingerprint density at radius 2 is 1.79 bits per heavy atom. The number of methoxy groups -OCH3 is 1. The van der Waals surface area contributed by atoms with Crippen LogP contribution in [0.3, 0.4) is 0 Å². The molecule has 0 bridgehead atoms. The highest BCUT2D eigenvalue weighted by atomic mass is 16.5. The van der Waals surface area contributed by atoms with Gasteiger partial charge < -0.3 is 9.47 Å². The highest BCUT2D eigenvalue weighted by molar-refractivity contribution is 5.39. The van der Waals surface area contributed by atoms with Gasteiger partial charge in [0.1, 0.15) is 11.9 Å². The molecule has 0 aromatic heterocycles. The van der Waals surface area contributed by atoms with E-state index in [1.165, 1.54) is 6.26 Å². The van der Waals surface area contributed by atoms with Crippen LogP contribution in [0.1, 0.15) is 22.8 Å². The molecule has 2 heteroatoms. The van der Waals surface area contributed by atoms with Gasteiger partial charge in [0.05, 0.1) is 13.4 Å². The Kier molecular flexibility index (Phi) is 4.24. The van der Waals surface area contributed by atoms with Crippen molar-refractivity contribution in [2.24, 2.45) is 0 Å². The zero-order chi connectivity index (χ0) is 13.7. The fourth-order valence-electron chi connectivity index (χ4n) is 2.12. The summed E-state index contributed by atoms with van der Waals surface area (Å²) in [5.74, 6) is 0.837. The van der Waals surface area contributed by atoms with Gasteiger partial charge in [-0.3, -0.25) is 0 Å². The summed E-state index contributed by atoms with van der Waals surface area (Å²) in [5, 5.41) is 0. The van der Waals surface area contributed by atoms with Gasteiger partial charge in [-0.2, -0.15) is 0 Å². The summed E-state index contributed by atoms with van der Waals surface area (Å²) in [4.78, 5) is 0. The predicted octanol–water partition coefficient (Wildman–Crippen LogP) is 4.25. The first-order valence-corrected chi connectivity index (χ1v) is 6.21. The number of benzene rings is 2. The summed E-state index contributed by atoms with van der Waals surface area (Å²) >= 11 is 0. The van der Waals surface area contributed by atoms with E-state index in [0.717, 1.165) is 22.4 Å². The summed E-state index contributed by atoms with van der Waals surface area (Å²) < 4.78 is 11.0. The number of hydrogen-bond donors (Lipinski definition) is 0. The maximum Gasteiger partial charge on any atom is 0.148 e. The molecular formula is C17H18O2. The minimum Gasteiger partial charge on any atom is -0.497 e. The predicted molar refractivity (Wildman–Crippen MR) is 77.3 cm³/mol. The Morgan fingerprint density at radius 1 is 1.05 bits per heavy atom. The van der Waals surface area contributed by atoms with Crippen molar-refractivity contribution in [2.45, 2.75) is 13.0 Å². The van der Waals surface area contributed by atoms with E-state index in [2.05, 4.69) is 12.6 Å². The van der Waals surface area contributed by atoms with Crippen molar-refractivity contribution in [1.82, 2.24) is 0 Å². The van der Waals surface area contributed by atoms with Gasteiger partial charge in [0, 0.05) is 5.56 Å². The second-order valence-electron chi connectivity index (χ2n) is 4.38. The normalized spacial score (nSPS) is 11.7. The van der Waals surface area contributed by atoms with Crippen LogP contribution in [0.5, 0.6) is 5.75 Å². The Hall–Kier alpha value is -2.22. The molecule has 0 fully saturated rings. The van der Waals surface area contributed by atoms with Crippen molar-refractivity contribution < 1.29 is 9.47 Å². The van der Waals surface area contributed by atoms with Crippen molar-refractivity contribution >= 4 is 0 Å². The second kappa shape index (κ2) is 6.10. The maximum absolute atomic E-state index is 5.68. The van der Waals surface area contributed by atoms with E-state index < -0.39 is 0 Å². The lowest BCUT2D eigenvalue weighted by atomic mass is 9.99. The largest absolute Gasteiger partial charge is 0.497 e. The first-order valence-electron chi connectivity index (χ1n) is 6.21. The van der Waals surface area contributed by atoms with E-state index in [9.17, 15) is 0 Å². The topological polar surface area (TPSA) is 18.5 Å². The van der Waals surface area contributed by atoms with E-state index in [1.807, 2.05) is 49.4 Å². The van der Waals surface area contributed by atoms with Gasteiger partial charge in [-0.15, -0.1) is 0 Å². The number of hydrogen-bond acceptors (Lipinski definition) is 2. The molecule has 0 saturated heterocycles. The molecule has 2 nitrogen and oxygen atoms in total. The lowest BCUT2D eigenvalue weighted by Gasteiger charge is -2.18. The third-order valence-corrected chi connectivity index (χ3v) is 2.95. The lowest BCUT2D eigenvalue weighted by molar-refractivity contribution is 0.183. The maximum atomic E-state index is 5.68. The molecule has 0 saturated carbocycles. The summed E-state index contributed by atoms with van der Waals surface area (Å²) in [6, 6.07) is 16.2. The van der Waals surface area contributed by atoms with Gasteiger partial charge in [0.15, 0.2) is 0 Å². The third kappa shape index (κ3) is 3.16. The molecule has 2 rings (SSSR count). The zero-order valence-corrected chi connectivity index (χ0v) is 11.3. The van der Waals surface area contributed by atoms with E-state index in [1.54, 1.807) is 7.11 Å². The van der Waals surface area contributed by atoms with Gasteiger partial charge in [-0.1, -0.05) is 43.0 Å². The van der Waals surface area contributed by atoms with Crippen LogP contribution in [0, 0.1) is 6.92 Å². The standard InChI is InChI=1S/C17H18O2/c1-4-19-17(14-8-6-5-7-9-14)15-10-13(2)11-16(12-15)18-3/h4-12,17H,1H2,2-3H3/t17-/m1/s1. The average Bonchev–Trinajstić information content (AvgIpc) is 2.45. The summed E-state index contributed by atoms with van der Waals surface area (Å²) in [5.41, 5.74) is 3.29. The van der Waals surface area contributed by atoms with Gasteiger partial charge in [-0.25, -0.2) is 0 Å². The lowest BCUT2D eigenvalue weighted by Crippen LogP contribution is -2.03. The van der Waals surface area contributed by atoms with Crippen molar-refractivity contribution in [2.75, 3.05) is 7.11 Å². The van der Waals surface area contributed by atoms with E-state index >= 15 is 0 Å². The minimum atomic E-state index is -0.160. The molecule has 19 heavy (non-hydrogen) atoms. The molecule has 98 valence electrons. The highest BCUT2D eigenvalue weighted by Gasteiger charge is 2.15. The number of rotatable bonds is 5. The molecule has 0 unspecified atom stereocenters. The molecule has 0 aliphatic rings. The monoisotopic (exact) mass is 254 g/mol. The average molecular weight is 254 g/mol. The molecule has 0 aliphatic heterocycles. The summed E-state index contributed by atoms with van der Waals surface area (Å²) in [6.45, 7) is 5.71. The summed E-state index contributed by atoms with van der Waals surface area (Å²) in [7, 11) is 1.67. The smallest absolute Gasteiger partial charge is 0.148 e. The Balaban J connectivity index is 2.44. The van der Waals surface area contributed by atoms with Gasteiger partial charge in [0.2, 0.25) is 0 Å². The first-order chi connectivity index (χ1) is 9.24. The van der Waals surface area contributed by atoms with Crippen LogP contribution < -0.4 is 4.74 Å². The molecule has 2 aromatic rings. The van der Waals surface area contributed by atoms with Crippen molar-refractivity contribution in [1.29, 1.82) is 0 Å². The SMILES string of the molecule is C=CO[C@H](c1ccccc1)c1cc(C)cc(OC)c1. The number of ether oxygens (including phenoxy) is 2.